The SMILES string of the molecule is CCCC(CBr)COc1cccc([N+](=O)[O-])c1Br. The summed E-state index contributed by atoms with van der Waals surface area (Å²) in [5.41, 5.74) is 0.0263. The molecule has 1 aromatic carbocycles. The quantitative estimate of drug-likeness (QED) is 0.396. The molecule has 100 valence electrons. The Balaban J connectivity index is 2.73. The van der Waals surface area contributed by atoms with Crippen LogP contribution in [0.3, 0.4) is 0 Å². The van der Waals surface area contributed by atoms with Crippen LogP contribution in [0.2, 0.25) is 0 Å². The molecule has 0 saturated heterocycles. The highest BCUT2D eigenvalue weighted by Crippen LogP contribution is 2.34. The first-order chi connectivity index (χ1) is 8.60. The monoisotopic (exact) mass is 379 g/mol. The molecule has 0 heterocycles. The van der Waals surface area contributed by atoms with Gasteiger partial charge in [0.2, 0.25) is 0 Å². The molecule has 0 aliphatic rings. The van der Waals surface area contributed by atoms with Gasteiger partial charge in [-0.3, -0.25) is 10.1 Å². The van der Waals surface area contributed by atoms with Crippen molar-refractivity contribution in [2.75, 3.05) is 11.9 Å². The van der Waals surface area contributed by atoms with E-state index in [4.69, 9.17) is 4.74 Å². The number of nitrogens with zero attached hydrogens (tertiary/aromatic N) is 1. The van der Waals surface area contributed by atoms with Crippen LogP contribution in [0, 0.1) is 16.0 Å². The van der Waals surface area contributed by atoms with Crippen molar-refractivity contribution in [2.24, 2.45) is 5.92 Å². The number of alkyl halides is 1. The number of hydrogen-bond donors (Lipinski definition) is 0. The van der Waals surface area contributed by atoms with E-state index in [9.17, 15) is 10.1 Å². The molecule has 0 amide bonds. The van der Waals surface area contributed by atoms with Crippen molar-refractivity contribution >= 4 is 37.5 Å². The maximum atomic E-state index is 10.8. The zero-order valence-electron chi connectivity index (χ0n) is 10.1. The molecule has 0 aliphatic carbocycles. The Hall–Kier alpha value is -0.620. The van der Waals surface area contributed by atoms with Gasteiger partial charge < -0.3 is 4.74 Å². The molecule has 18 heavy (non-hydrogen) atoms. The van der Waals surface area contributed by atoms with Gasteiger partial charge in [0, 0.05) is 17.3 Å². The van der Waals surface area contributed by atoms with Gasteiger partial charge in [-0.15, -0.1) is 0 Å². The molecule has 0 spiro atoms. The molecule has 1 unspecified atom stereocenters. The summed E-state index contributed by atoms with van der Waals surface area (Å²) in [6.07, 6.45) is 2.16. The number of ether oxygens (including phenoxy) is 1. The fourth-order valence-corrected chi connectivity index (χ4v) is 2.61. The van der Waals surface area contributed by atoms with Crippen LogP contribution in [0.4, 0.5) is 5.69 Å². The van der Waals surface area contributed by atoms with Crippen LogP contribution in [0.25, 0.3) is 0 Å². The first-order valence-corrected chi connectivity index (χ1v) is 7.63. The van der Waals surface area contributed by atoms with Gasteiger partial charge in [0.25, 0.3) is 5.69 Å². The highest BCUT2D eigenvalue weighted by atomic mass is 79.9. The van der Waals surface area contributed by atoms with Gasteiger partial charge in [-0.1, -0.05) is 35.3 Å². The first-order valence-electron chi connectivity index (χ1n) is 5.71. The van der Waals surface area contributed by atoms with Crippen LogP contribution in [0.15, 0.2) is 22.7 Å². The van der Waals surface area contributed by atoms with Gasteiger partial charge in [-0.25, -0.2) is 0 Å². The Morgan fingerprint density at radius 3 is 2.78 bits per heavy atom. The lowest BCUT2D eigenvalue weighted by atomic mass is 10.1. The Morgan fingerprint density at radius 2 is 2.22 bits per heavy atom. The molecular weight excluding hydrogens is 366 g/mol. The second-order valence-electron chi connectivity index (χ2n) is 3.97. The van der Waals surface area contributed by atoms with E-state index in [1.807, 2.05) is 0 Å². The number of benzene rings is 1. The minimum absolute atomic E-state index is 0.0263. The molecule has 0 fully saturated rings. The summed E-state index contributed by atoms with van der Waals surface area (Å²) in [4.78, 5) is 10.4. The lowest BCUT2D eigenvalue weighted by Crippen LogP contribution is -2.13. The summed E-state index contributed by atoms with van der Waals surface area (Å²) in [6.45, 7) is 2.68. The molecule has 0 radical (unpaired) electrons. The highest BCUT2D eigenvalue weighted by Gasteiger charge is 2.16. The summed E-state index contributed by atoms with van der Waals surface area (Å²) < 4.78 is 6.05. The second-order valence-corrected chi connectivity index (χ2v) is 5.41. The molecule has 1 aromatic rings. The van der Waals surface area contributed by atoms with E-state index in [0.717, 1.165) is 18.2 Å². The van der Waals surface area contributed by atoms with E-state index in [2.05, 4.69) is 38.8 Å². The zero-order chi connectivity index (χ0) is 13.5. The molecule has 0 aliphatic heterocycles. The average molecular weight is 381 g/mol. The fraction of sp³-hybridized carbons (Fsp3) is 0.500. The molecule has 6 heteroatoms. The third-order valence-electron chi connectivity index (χ3n) is 2.53. The summed E-state index contributed by atoms with van der Waals surface area (Å²) in [5.74, 6) is 0.937. The summed E-state index contributed by atoms with van der Waals surface area (Å²) in [7, 11) is 0. The smallest absolute Gasteiger partial charge is 0.287 e. The number of nitro benzene ring substituents is 1. The Morgan fingerprint density at radius 1 is 1.50 bits per heavy atom. The molecule has 1 atom stereocenters. The maximum absolute atomic E-state index is 10.8. The van der Waals surface area contributed by atoms with E-state index in [0.29, 0.717) is 22.7 Å². The molecule has 0 bridgehead atoms. The van der Waals surface area contributed by atoms with Crippen LogP contribution in [0.5, 0.6) is 5.75 Å². The Labute approximate surface area is 123 Å². The normalized spacial score (nSPS) is 12.2. The van der Waals surface area contributed by atoms with Crippen LogP contribution in [0.1, 0.15) is 19.8 Å². The number of rotatable bonds is 7. The number of halogens is 2. The third-order valence-corrected chi connectivity index (χ3v) is 4.24. The van der Waals surface area contributed by atoms with Gasteiger partial charge in [-0.2, -0.15) is 0 Å². The fourth-order valence-electron chi connectivity index (χ4n) is 1.57. The topological polar surface area (TPSA) is 52.4 Å². The van der Waals surface area contributed by atoms with Gasteiger partial charge in [0.15, 0.2) is 0 Å². The highest BCUT2D eigenvalue weighted by molar-refractivity contribution is 9.10. The minimum Gasteiger partial charge on any atom is -0.492 e. The Bertz CT molecular complexity index is 412. The predicted molar refractivity (Wildman–Crippen MR) is 78.5 cm³/mol. The van der Waals surface area contributed by atoms with Crippen molar-refractivity contribution in [3.63, 3.8) is 0 Å². The molecule has 0 aromatic heterocycles. The van der Waals surface area contributed by atoms with Crippen LogP contribution in [-0.2, 0) is 0 Å². The summed E-state index contributed by atoms with van der Waals surface area (Å²) in [6, 6.07) is 4.81. The summed E-state index contributed by atoms with van der Waals surface area (Å²) in [5, 5.41) is 11.7. The van der Waals surface area contributed by atoms with Crippen molar-refractivity contribution in [3.05, 3.63) is 32.8 Å². The lowest BCUT2D eigenvalue weighted by Gasteiger charge is -2.15. The van der Waals surface area contributed by atoms with Crippen LogP contribution < -0.4 is 4.74 Å². The largest absolute Gasteiger partial charge is 0.492 e. The van der Waals surface area contributed by atoms with Crippen molar-refractivity contribution in [1.82, 2.24) is 0 Å². The maximum Gasteiger partial charge on any atom is 0.287 e. The van der Waals surface area contributed by atoms with Gasteiger partial charge in [-0.05, 0) is 28.4 Å². The molecule has 4 nitrogen and oxygen atoms in total. The van der Waals surface area contributed by atoms with Crippen molar-refractivity contribution < 1.29 is 9.66 Å². The zero-order valence-corrected chi connectivity index (χ0v) is 13.2. The van der Waals surface area contributed by atoms with E-state index in [-0.39, 0.29) is 5.69 Å². The van der Waals surface area contributed by atoms with Gasteiger partial charge in [0.05, 0.1) is 11.5 Å². The predicted octanol–water partition coefficient (Wildman–Crippen LogP) is 4.55. The Kier molecular flexibility index (Phi) is 6.63. The molecular formula is C12H15Br2NO3. The van der Waals surface area contributed by atoms with Crippen LogP contribution >= 0.6 is 31.9 Å². The van der Waals surface area contributed by atoms with Crippen molar-refractivity contribution in [2.45, 2.75) is 19.8 Å². The number of nitro groups is 1. The van der Waals surface area contributed by atoms with E-state index in [1.54, 1.807) is 12.1 Å². The van der Waals surface area contributed by atoms with Gasteiger partial charge in [0.1, 0.15) is 10.2 Å². The molecule has 0 saturated carbocycles. The van der Waals surface area contributed by atoms with E-state index < -0.39 is 4.92 Å². The van der Waals surface area contributed by atoms with E-state index >= 15 is 0 Å². The van der Waals surface area contributed by atoms with E-state index in [1.165, 1.54) is 6.07 Å². The third kappa shape index (κ3) is 4.24. The average Bonchev–Trinajstić information content (AvgIpc) is 2.35. The van der Waals surface area contributed by atoms with Crippen LogP contribution in [-0.4, -0.2) is 16.9 Å². The van der Waals surface area contributed by atoms with Crippen molar-refractivity contribution in [3.8, 4) is 5.75 Å². The second kappa shape index (κ2) is 7.74. The minimum atomic E-state index is -0.426. The van der Waals surface area contributed by atoms with Crippen molar-refractivity contribution in [1.29, 1.82) is 0 Å². The molecule has 1 rings (SSSR count). The lowest BCUT2D eigenvalue weighted by molar-refractivity contribution is -0.385. The molecule has 0 N–H and O–H groups in total. The summed E-state index contributed by atoms with van der Waals surface area (Å²) >= 11 is 6.66. The van der Waals surface area contributed by atoms with Gasteiger partial charge >= 0.3 is 0 Å². The number of hydrogen-bond acceptors (Lipinski definition) is 3. The first kappa shape index (κ1) is 15.4. The standard InChI is InChI=1S/C12H15Br2NO3/c1-2-4-9(7-13)8-18-11-6-3-5-10(12(11)14)15(16)17/h3,5-6,9H,2,4,7-8H2,1H3.